The van der Waals surface area contributed by atoms with Gasteiger partial charge in [0.05, 0.1) is 12.2 Å². The van der Waals surface area contributed by atoms with Crippen LogP contribution in [0.25, 0.3) is 0 Å². The van der Waals surface area contributed by atoms with Gasteiger partial charge in [-0.1, -0.05) is 37.6 Å². The smallest absolute Gasteiger partial charge is 0.255 e. The van der Waals surface area contributed by atoms with Crippen molar-refractivity contribution < 1.29 is 14.3 Å². The number of ether oxygens (including phenoxy) is 2. The van der Waals surface area contributed by atoms with Gasteiger partial charge < -0.3 is 19.7 Å². The van der Waals surface area contributed by atoms with Crippen LogP contribution in [0.4, 0.5) is 5.69 Å². The van der Waals surface area contributed by atoms with Crippen molar-refractivity contribution in [1.29, 1.82) is 0 Å². The third-order valence-corrected chi connectivity index (χ3v) is 5.75. The van der Waals surface area contributed by atoms with Gasteiger partial charge in [-0.3, -0.25) is 4.79 Å². The maximum atomic E-state index is 13.2. The number of benzene rings is 2. The van der Waals surface area contributed by atoms with E-state index in [1.54, 1.807) is 0 Å². The second-order valence-electron chi connectivity index (χ2n) is 8.22. The molecule has 2 heterocycles. The van der Waals surface area contributed by atoms with Crippen LogP contribution in [0.3, 0.4) is 0 Å². The van der Waals surface area contributed by atoms with E-state index >= 15 is 0 Å². The van der Waals surface area contributed by atoms with E-state index in [1.807, 2.05) is 41.3 Å². The zero-order valence-electron chi connectivity index (χ0n) is 16.9. The zero-order valence-corrected chi connectivity index (χ0v) is 17.7. The van der Waals surface area contributed by atoms with Gasteiger partial charge in [0.15, 0.2) is 6.79 Å². The summed E-state index contributed by atoms with van der Waals surface area (Å²) in [5, 5.41) is 4.07. The minimum atomic E-state index is 0.0873. The summed E-state index contributed by atoms with van der Waals surface area (Å²) in [4.78, 5) is 15.2. The van der Waals surface area contributed by atoms with Gasteiger partial charge in [0.1, 0.15) is 5.75 Å². The van der Waals surface area contributed by atoms with E-state index in [-0.39, 0.29) is 12.7 Å². The molecule has 0 aliphatic carbocycles. The molecule has 2 aliphatic heterocycles. The van der Waals surface area contributed by atoms with Crippen molar-refractivity contribution >= 4 is 23.2 Å². The van der Waals surface area contributed by atoms with Gasteiger partial charge in [-0.25, -0.2) is 0 Å². The van der Waals surface area contributed by atoms with E-state index in [4.69, 9.17) is 21.1 Å². The predicted octanol–water partition coefficient (Wildman–Crippen LogP) is 4.94. The first-order valence-electron chi connectivity index (χ1n) is 10.1. The summed E-state index contributed by atoms with van der Waals surface area (Å²) < 4.78 is 11.1. The van der Waals surface area contributed by atoms with E-state index in [2.05, 4.69) is 19.2 Å². The van der Waals surface area contributed by atoms with Crippen molar-refractivity contribution in [3.05, 3.63) is 58.1 Å². The number of carbonyl (C=O) groups is 1. The summed E-state index contributed by atoms with van der Waals surface area (Å²) in [6, 6.07) is 11.5. The minimum Gasteiger partial charge on any atom is -0.467 e. The summed E-state index contributed by atoms with van der Waals surface area (Å²) in [5.41, 5.74) is 3.43. The summed E-state index contributed by atoms with van der Waals surface area (Å²) in [6.07, 6.45) is 1.17. The Morgan fingerprint density at radius 3 is 2.76 bits per heavy atom. The lowest BCUT2D eigenvalue weighted by molar-refractivity contribution is -0.0169. The molecule has 4 rings (SSSR count). The third-order valence-electron chi connectivity index (χ3n) is 5.53. The SMILES string of the molecule is CC1CC(C)CN(C(=O)c2ccccc2NCc2cc(Cl)cc3c2OCOC3)C1. The Morgan fingerprint density at radius 2 is 1.97 bits per heavy atom. The molecule has 5 nitrogen and oxygen atoms in total. The molecule has 2 aliphatic rings. The average Bonchev–Trinajstić information content (AvgIpc) is 2.71. The highest BCUT2D eigenvalue weighted by molar-refractivity contribution is 6.30. The normalized spacial score (nSPS) is 21.3. The number of anilines is 1. The third kappa shape index (κ3) is 4.51. The Morgan fingerprint density at radius 1 is 1.21 bits per heavy atom. The second kappa shape index (κ2) is 8.64. The van der Waals surface area contributed by atoms with Crippen molar-refractivity contribution in [2.24, 2.45) is 11.8 Å². The molecule has 1 N–H and O–H groups in total. The first-order chi connectivity index (χ1) is 14.0. The van der Waals surface area contributed by atoms with Crippen molar-refractivity contribution in [3.63, 3.8) is 0 Å². The predicted molar refractivity (Wildman–Crippen MR) is 114 cm³/mol. The Hall–Kier alpha value is -2.24. The number of carbonyl (C=O) groups excluding carboxylic acids is 1. The molecular weight excluding hydrogens is 388 g/mol. The van der Waals surface area contributed by atoms with Gasteiger partial charge in [-0.2, -0.15) is 0 Å². The van der Waals surface area contributed by atoms with E-state index in [9.17, 15) is 4.79 Å². The number of fused-ring (bicyclic) bond motifs is 1. The number of rotatable bonds is 4. The topological polar surface area (TPSA) is 50.8 Å². The maximum absolute atomic E-state index is 13.2. The molecule has 0 bridgehead atoms. The highest BCUT2D eigenvalue weighted by Crippen LogP contribution is 2.32. The molecule has 1 saturated heterocycles. The van der Waals surface area contributed by atoms with Crippen LogP contribution in [-0.2, 0) is 17.9 Å². The molecule has 2 unspecified atom stereocenters. The lowest BCUT2D eigenvalue weighted by Crippen LogP contribution is -2.42. The molecule has 29 heavy (non-hydrogen) atoms. The van der Waals surface area contributed by atoms with Crippen LogP contribution in [0.2, 0.25) is 5.02 Å². The van der Waals surface area contributed by atoms with Gasteiger partial charge in [-0.15, -0.1) is 0 Å². The Bertz CT molecular complexity index is 892. The summed E-state index contributed by atoms with van der Waals surface area (Å²) in [5.74, 6) is 1.96. The molecule has 1 amide bonds. The molecule has 2 atom stereocenters. The van der Waals surface area contributed by atoms with E-state index in [0.29, 0.717) is 35.6 Å². The molecule has 0 radical (unpaired) electrons. The molecule has 0 spiro atoms. The number of halogens is 1. The molecule has 6 heteroatoms. The lowest BCUT2D eigenvalue weighted by atomic mass is 9.91. The summed E-state index contributed by atoms with van der Waals surface area (Å²) in [7, 11) is 0. The molecular formula is C23H27ClN2O3. The van der Waals surface area contributed by atoms with Gasteiger partial charge >= 0.3 is 0 Å². The number of hydrogen-bond donors (Lipinski definition) is 1. The fourth-order valence-corrected chi connectivity index (χ4v) is 4.66. The van der Waals surface area contributed by atoms with Crippen LogP contribution in [0.15, 0.2) is 36.4 Å². The van der Waals surface area contributed by atoms with Gasteiger partial charge in [0, 0.05) is 41.5 Å². The average molecular weight is 415 g/mol. The number of amides is 1. The number of piperidine rings is 1. The lowest BCUT2D eigenvalue weighted by Gasteiger charge is -2.35. The fraction of sp³-hybridized carbons (Fsp3) is 0.435. The van der Waals surface area contributed by atoms with Gasteiger partial charge in [0.2, 0.25) is 0 Å². The number of nitrogens with one attached hydrogen (secondary N) is 1. The molecule has 2 aromatic carbocycles. The summed E-state index contributed by atoms with van der Waals surface area (Å²) in [6.45, 7) is 7.30. The monoisotopic (exact) mass is 414 g/mol. The maximum Gasteiger partial charge on any atom is 0.255 e. The second-order valence-corrected chi connectivity index (χ2v) is 8.66. The highest BCUT2D eigenvalue weighted by Gasteiger charge is 2.27. The quantitative estimate of drug-likeness (QED) is 0.770. The van der Waals surface area contributed by atoms with Gasteiger partial charge in [-0.05, 0) is 42.5 Å². The Kier molecular flexibility index (Phi) is 5.97. The molecule has 1 fully saturated rings. The van der Waals surface area contributed by atoms with Crippen LogP contribution >= 0.6 is 11.6 Å². The van der Waals surface area contributed by atoms with E-state index < -0.39 is 0 Å². The van der Waals surface area contributed by atoms with Crippen LogP contribution in [0.1, 0.15) is 41.8 Å². The first-order valence-corrected chi connectivity index (χ1v) is 10.5. The van der Waals surface area contributed by atoms with Crippen LogP contribution in [-0.4, -0.2) is 30.7 Å². The molecule has 0 saturated carbocycles. The number of hydrogen-bond acceptors (Lipinski definition) is 4. The summed E-state index contributed by atoms with van der Waals surface area (Å²) >= 11 is 6.27. The fourth-order valence-electron chi connectivity index (χ4n) is 4.40. The Labute approximate surface area is 176 Å². The first kappa shape index (κ1) is 20.0. The number of nitrogens with zero attached hydrogens (tertiary/aromatic N) is 1. The van der Waals surface area contributed by atoms with Crippen molar-refractivity contribution in [2.75, 3.05) is 25.2 Å². The Balaban J connectivity index is 1.54. The molecule has 2 aromatic rings. The number of para-hydroxylation sites is 1. The molecule has 0 aromatic heterocycles. The van der Waals surface area contributed by atoms with Crippen molar-refractivity contribution in [1.82, 2.24) is 4.90 Å². The van der Waals surface area contributed by atoms with Gasteiger partial charge in [0.25, 0.3) is 5.91 Å². The van der Waals surface area contributed by atoms with Crippen LogP contribution in [0, 0.1) is 11.8 Å². The van der Waals surface area contributed by atoms with Crippen molar-refractivity contribution in [2.45, 2.75) is 33.4 Å². The number of likely N-dealkylation sites (tertiary alicyclic amines) is 1. The largest absolute Gasteiger partial charge is 0.467 e. The zero-order chi connectivity index (χ0) is 20.4. The van der Waals surface area contributed by atoms with Crippen LogP contribution in [0.5, 0.6) is 5.75 Å². The van der Waals surface area contributed by atoms with E-state index in [0.717, 1.165) is 35.7 Å². The molecule has 154 valence electrons. The van der Waals surface area contributed by atoms with Crippen molar-refractivity contribution in [3.8, 4) is 5.75 Å². The highest BCUT2D eigenvalue weighted by atomic mass is 35.5. The van der Waals surface area contributed by atoms with Crippen LogP contribution < -0.4 is 10.1 Å². The minimum absolute atomic E-state index is 0.0873. The van der Waals surface area contributed by atoms with E-state index in [1.165, 1.54) is 6.42 Å². The standard InChI is InChI=1S/C23H27ClN2O3/c1-15-7-16(2)12-26(11-15)23(27)20-5-3-4-6-21(20)25-10-17-8-19(24)9-18-13-28-14-29-22(17)18/h3-6,8-9,15-16,25H,7,10-14H2,1-2H3.